The molecule has 1 fully saturated rings. The molecule has 3 unspecified atom stereocenters. The second-order valence-electron chi connectivity index (χ2n) is 6.86. The Morgan fingerprint density at radius 3 is 2.71 bits per heavy atom. The van der Waals surface area contributed by atoms with Gasteiger partial charge in [-0.05, 0) is 49.7 Å². The summed E-state index contributed by atoms with van der Waals surface area (Å²) in [5, 5.41) is 0. The van der Waals surface area contributed by atoms with E-state index in [2.05, 4.69) is 20.8 Å². The molecule has 0 spiro atoms. The summed E-state index contributed by atoms with van der Waals surface area (Å²) in [7, 11) is 0. The van der Waals surface area contributed by atoms with Crippen molar-refractivity contribution in [3.63, 3.8) is 0 Å². The molecule has 0 saturated heterocycles. The zero-order valence-electron chi connectivity index (χ0n) is 13.6. The Morgan fingerprint density at radius 1 is 1.33 bits per heavy atom. The van der Waals surface area contributed by atoms with E-state index in [1.54, 1.807) is 6.07 Å². The molecule has 1 aromatic carbocycles. The van der Waals surface area contributed by atoms with Crippen molar-refractivity contribution in [2.75, 3.05) is 5.73 Å². The summed E-state index contributed by atoms with van der Waals surface area (Å²) in [5.41, 5.74) is 7.93. The van der Waals surface area contributed by atoms with Crippen LogP contribution in [0.1, 0.15) is 56.0 Å². The summed E-state index contributed by atoms with van der Waals surface area (Å²) >= 11 is 0. The standard InChI is InChI=1S/C18H27NO2/c1-11(2)14-7-5-13(4)10-17(14)21-18(20)15-9-12(3)6-8-16(15)19/h6,8-9,11,13-14,17H,5,7,10,19H2,1-4H3. The molecule has 21 heavy (non-hydrogen) atoms. The molecule has 2 N–H and O–H groups in total. The van der Waals surface area contributed by atoms with Crippen LogP contribution in [0.25, 0.3) is 0 Å². The number of benzene rings is 1. The van der Waals surface area contributed by atoms with Crippen LogP contribution in [0.5, 0.6) is 0 Å². The van der Waals surface area contributed by atoms with Crippen molar-refractivity contribution < 1.29 is 9.53 Å². The summed E-state index contributed by atoms with van der Waals surface area (Å²) in [6, 6.07) is 5.50. The van der Waals surface area contributed by atoms with Crippen LogP contribution in [-0.4, -0.2) is 12.1 Å². The lowest BCUT2D eigenvalue weighted by Crippen LogP contribution is -2.36. The molecule has 0 heterocycles. The summed E-state index contributed by atoms with van der Waals surface area (Å²) in [6.07, 6.45) is 3.34. The molecular weight excluding hydrogens is 262 g/mol. The maximum atomic E-state index is 12.5. The van der Waals surface area contributed by atoms with Gasteiger partial charge >= 0.3 is 5.97 Å². The van der Waals surface area contributed by atoms with E-state index < -0.39 is 0 Å². The number of hydrogen-bond donors (Lipinski definition) is 1. The number of anilines is 1. The van der Waals surface area contributed by atoms with Crippen LogP contribution in [0.15, 0.2) is 18.2 Å². The Morgan fingerprint density at radius 2 is 2.05 bits per heavy atom. The molecular formula is C18H27NO2. The number of nitrogen functional groups attached to an aromatic ring is 1. The van der Waals surface area contributed by atoms with Gasteiger partial charge in [0.25, 0.3) is 0 Å². The van der Waals surface area contributed by atoms with Gasteiger partial charge in [0.1, 0.15) is 6.10 Å². The van der Waals surface area contributed by atoms with Crippen LogP contribution in [0, 0.1) is 24.7 Å². The minimum absolute atomic E-state index is 0.0150. The fourth-order valence-corrected chi connectivity index (χ4v) is 3.30. The second-order valence-corrected chi connectivity index (χ2v) is 6.86. The van der Waals surface area contributed by atoms with Crippen molar-refractivity contribution in [3.8, 4) is 0 Å². The molecule has 0 radical (unpaired) electrons. The fourth-order valence-electron chi connectivity index (χ4n) is 3.30. The zero-order valence-corrected chi connectivity index (χ0v) is 13.6. The third-order valence-corrected chi connectivity index (χ3v) is 4.65. The molecule has 0 amide bonds. The van der Waals surface area contributed by atoms with Gasteiger partial charge in [0.15, 0.2) is 0 Å². The van der Waals surface area contributed by atoms with E-state index in [1.165, 1.54) is 6.42 Å². The Kier molecular flexibility index (Phi) is 4.92. The van der Waals surface area contributed by atoms with E-state index in [9.17, 15) is 4.79 Å². The molecule has 2 rings (SSSR count). The van der Waals surface area contributed by atoms with Gasteiger partial charge in [0.2, 0.25) is 0 Å². The first-order valence-electron chi connectivity index (χ1n) is 7.95. The van der Waals surface area contributed by atoms with E-state index in [1.807, 2.05) is 19.1 Å². The van der Waals surface area contributed by atoms with Crippen molar-refractivity contribution in [1.29, 1.82) is 0 Å². The van der Waals surface area contributed by atoms with E-state index in [4.69, 9.17) is 10.5 Å². The van der Waals surface area contributed by atoms with Gasteiger partial charge in [-0.25, -0.2) is 4.79 Å². The Balaban J connectivity index is 2.14. The smallest absolute Gasteiger partial charge is 0.340 e. The Labute approximate surface area is 127 Å². The molecule has 116 valence electrons. The van der Waals surface area contributed by atoms with Gasteiger partial charge in [-0.1, -0.05) is 38.8 Å². The van der Waals surface area contributed by atoms with Crippen LogP contribution in [0.4, 0.5) is 5.69 Å². The number of aryl methyl sites for hydroxylation is 1. The van der Waals surface area contributed by atoms with E-state index in [-0.39, 0.29) is 12.1 Å². The lowest BCUT2D eigenvalue weighted by molar-refractivity contribution is -0.0173. The SMILES string of the molecule is Cc1ccc(N)c(C(=O)OC2CC(C)CCC2C(C)C)c1. The van der Waals surface area contributed by atoms with Crippen LogP contribution in [0.2, 0.25) is 0 Å². The normalized spacial score (nSPS) is 25.9. The third kappa shape index (κ3) is 3.78. The van der Waals surface area contributed by atoms with Gasteiger partial charge in [-0.3, -0.25) is 0 Å². The highest BCUT2D eigenvalue weighted by atomic mass is 16.5. The Bertz CT molecular complexity index is 510. The highest BCUT2D eigenvalue weighted by Gasteiger charge is 2.33. The van der Waals surface area contributed by atoms with Crippen molar-refractivity contribution in [3.05, 3.63) is 29.3 Å². The lowest BCUT2D eigenvalue weighted by atomic mass is 9.75. The first-order valence-corrected chi connectivity index (χ1v) is 7.95. The van der Waals surface area contributed by atoms with Gasteiger partial charge in [-0.15, -0.1) is 0 Å². The van der Waals surface area contributed by atoms with Gasteiger partial charge in [0, 0.05) is 5.69 Å². The highest BCUT2D eigenvalue weighted by Crippen LogP contribution is 2.36. The molecule has 1 aromatic rings. The van der Waals surface area contributed by atoms with Crippen molar-refractivity contribution in [1.82, 2.24) is 0 Å². The average molecular weight is 289 g/mol. The van der Waals surface area contributed by atoms with E-state index in [0.29, 0.717) is 29.0 Å². The average Bonchev–Trinajstić information content (AvgIpc) is 2.41. The minimum atomic E-state index is -0.277. The van der Waals surface area contributed by atoms with Crippen LogP contribution in [-0.2, 0) is 4.74 Å². The number of nitrogens with two attached hydrogens (primary N) is 1. The maximum absolute atomic E-state index is 12.5. The van der Waals surface area contributed by atoms with E-state index >= 15 is 0 Å². The topological polar surface area (TPSA) is 52.3 Å². The molecule has 1 saturated carbocycles. The largest absolute Gasteiger partial charge is 0.458 e. The van der Waals surface area contributed by atoms with Gasteiger partial charge in [-0.2, -0.15) is 0 Å². The second kappa shape index (κ2) is 6.50. The summed E-state index contributed by atoms with van der Waals surface area (Å²) in [4.78, 5) is 12.5. The third-order valence-electron chi connectivity index (χ3n) is 4.65. The highest BCUT2D eigenvalue weighted by molar-refractivity contribution is 5.95. The minimum Gasteiger partial charge on any atom is -0.458 e. The first-order chi connectivity index (χ1) is 9.88. The molecule has 1 aliphatic rings. The fraction of sp³-hybridized carbons (Fsp3) is 0.611. The van der Waals surface area contributed by atoms with Crippen LogP contribution < -0.4 is 5.73 Å². The summed E-state index contributed by atoms with van der Waals surface area (Å²) in [6.45, 7) is 8.61. The molecule has 3 atom stereocenters. The predicted molar refractivity (Wildman–Crippen MR) is 86.1 cm³/mol. The van der Waals surface area contributed by atoms with Gasteiger partial charge in [0.05, 0.1) is 5.56 Å². The molecule has 3 nitrogen and oxygen atoms in total. The first kappa shape index (κ1) is 15.9. The van der Waals surface area contributed by atoms with Crippen molar-refractivity contribution in [2.24, 2.45) is 17.8 Å². The van der Waals surface area contributed by atoms with E-state index in [0.717, 1.165) is 18.4 Å². The molecule has 0 bridgehead atoms. The quantitative estimate of drug-likeness (QED) is 0.670. The number of carbonyl (C=O) groups excluding carboxylic acids is 1. The Hall–Kier alpha value is -1.51. The number of esters is 1. The number of hydrogen-bond acceptors (Lipinski definition) is 3. The molecule has 3 heteroatoms. The summed E-state index contributed by atoms with van der Waals surface area (Å²) < 4.78 is 5.84. The summed E-state index contributed by atoms with van der Waals surface area (Å²) in [5.74, 6) is 1.33. The van der Waals surface area contributed by atoms with Gasteiger partial charge < -0.3 is 10.5 Å². The molecule has 1 aliphatic carbocycles. The van der Waals surface area contributed by atoms with Crippen LogP contribution >= 0.6 is 0 Å². The van der Waals surface area contributed by atoms with Crippen molar-refractivity contribution >= 4 is 11.7 Å². The maximum Gasteiger partial charge on any atom is 0.340 e. The van der Waals surface area contributed by atoms with Crippen molar-refractivity contribution in [2.45, 2.75) is 53.1 Å². The lowest BCUT2D eigenvalue weighted by Gasteiger charge is -2.36. The molecule has 0 aromatic heterocycles. The predicted octanol–water partition coefficient (Wildman–Crippen LogP) is 4.19. The zero-order chi connectivity index (χ0) is 15.6. The van der Waals surface area contributed by atoms with Crippen LogP contribution in [0.3, 0.4) is 0 Å². The molecule has 0 aliphatic heterocycles. The number of ether oxygens (including phenoxy) is 1. The number of carbonyl (C=O) groups is 1. The number of rotatable bonds is 3. The monoisotopic (exact) mass is 289 g/mol.